The van der Waals surface area contributed by atoms with Gasteiger partial charge in [-0.15, -0.1) is 0 Å². The fourth-order valence-electron chi connectivity index (χ4n) is 3.29. The number of nitrogens with zero attached hydrogens (tertiary/aromatic N) is 1. The zero-order valence-electron chi connectivity index (χ0n) is 11.4. The summed E-state index contributed by atoms with van der Waals surface area (Å²) in [5.41, 5.74) is 3.96. The highest BCUT2D eigenvalue weighted by Crippen LogP contribution is 2.35. The first kappa shape index (κ1) is 12.0. The molecule has 4 rings (SSSR count). The van der Waals surface area contributed by atoms with Gasteiger partial charge < -0.3 is 4.57 Å². The molecule has 0 saturated heterocycles. The van der Waals surface area contributed by atoms with Crippen LogP contribution in [-0.2, 0) is 7.05 Å². The van der Waals surface area contributed by atoms with Crippen LogP contribution in [-0.4, -0.2) is 4.57 Å². The Balaban J connectivity index is 2.35. The van der Waals surface area contributed by atoms with E-state index in [0.29, 0.717) is 0 Å². The molecular weight excluding hydrogens is 310 g/mol. The van der Waals surface area contributed by atoms with E-state index in [1.807, 2.05) is 0 Å². The van der Waals surface area contributed by atoms with Gasteiger partial charge in [-0.05, 0) is 47.5 Å². The number of hydrogen-bond acceptors (Lipinski definition) is 0. The second kappa shape index (κ2) is 4.10. The molecule has 0 radical (unpaired) electrons. The Bertz CT molecular complexity index is 979. The highest BCUT2D eigenvalue weighted by atomic mass is 79.9. The lowest BCUT2D eigenvalue weighted by molar-refractivity contribution is 1.01. The molecule has 20 heavy (non-hydrogen) atoms. The van der Waals surface area contributed by atoms with Gasteiger partial charge in [0.2, 0.25) is 0 Å². The third-order valence-corrected chi connectivity index (χ3v) is 4.71. The summed E-state index contributed by atoms with van der Waals surface area (Å²) < 4.78 is 3.43. The molecule has 1 heterocycles. The summed E-state index contributed by atoms with van der Waals surface area (Å²) in [5.74, 6) is 0. The van der Waals surface area contributed by atoms with Gasteiger partial charge in [-0.25, -0.2) is 0 Å². The molecule has 0 atom stereocenters. The van der Waals surface area contributed by atoms with Crippen LogP contribution >= 0.6 is 15.9 Å². The van der Waals surface area contributed by atoms with Crippen LogP contribution in [0, 0.1) is 6.92 Å². The van der Waals surface area contributed by atoms with Crippen molar-refractivity contribution in [2.75, 3.05) is 0 Å². The van der Waals surface area contributed by atoms with Crippen molar-refractivity contribution in [3.8, 4) is 0 Å². The molecule has 0 unspecified atom stereocenters. The van der Waals surface area contributed by atoms with Crippen molar-refractivity contribution in [2.24, 2.45) is 7.05 Å². The smallest absolute Gasteiger partial charge is 0.0524 e. The first-order valence-corrected chi connectivity index (χ1v) is 7.52. The summed E-state index contributed by atoms with van der Waals surface area (Å²) in [5, 5.41) is 5.29. The minimum atomic E-state index is 1.13. The molecule has 1 nitrogen and oxygen atoms in total. The lowest BCUT2D eigenvalue weighted by Gasteiger charge is -2.06. The lowest BCUT2D eigenvalue weighted by atomic mass is 10.0. The van der Waals surface area contributed by atoms with E-state index in [4.69, 9.17) is 0 Å². The van der Waals surface area contributed by atoms with Crippen molar-refractivity contribution >= 4 is 48.5 Å². The second-order valence-electron chi connectivity index (χ2n) is 5.34. The Kier molecular flexibility index (Phi) is 2.45. The van der Waals surface area contributed by atoms with Crippen LogP contribution in [0.4, 0.5) is 0 Å². The summed E-state index contributed by atoms with van der Waals surface area (Å²) in [7, 11) is 2.15. The maximum absolute atomic E-state index is 3.59. The predicted molar refractivity (Wildman–Crippen MR) is 90.4 cm³/mol. The summed E-state index contributed by atoms with van der Waals surface area (Å²) >= 11 is 3.59. The van der Waals surface area contributed by atoms with E-state index in [9.17, 15) is 0 Å². The molecule has 1 aromatic heterocycles. The zero-order chi connectivity index (χ0) is 13.9. The number of fused-ring (bicyclic) bond motifs is 4. The average Bonchev–Trinajstić information content (AvgIpc) is 2.72. The van der Waals surface area contributed by atoms with Gasteiger partial charge in [0.1, 0.15) is 0 Å². The van der Waals surface area contributed by atoms with Gasteiger partial charge in [0.05, 0.1) is 5.52 Å². The van der Waals surface area contributed by atoms with Gasteiger partial charge in [0, 0.05) is 27.8 Å². The van der Waals surface area contributed by atoms with Crippen molar-refractivity contribution in [1.82, 2.24) is 4.57 Å². The average molecular weight is 324 g/mol. The van der Waals surface area contributed by atoms with E-state index in [0.717, 1.165) is 4.47 Å². The monoisotopic (exact) mass is 323 g/mol. The highest BCUT2D eigenvalue weighted by Gasteiger charge is 2.12. The van der Waals surface area contributed by atoms with Gasteiger partial charge in [0.15, 0.2) is 0 Å². The highest BCUT2D eigenvalue weighted by molar-refractivity contribution is 9.10. The van der Waals surface area contributed by atoms with Crippen molar-refractivity contribution in [3.63, 3.8) is 0 Å². The SMILES string of the molecule is Cc1c2ccccc2cc2c3cc(Br)ccc3n(C)c12. The molecule has 0 aliphatic rings. The van der Waals surface area contributed by atoms with Gasteiger partial charge in [-0.2, -0.15) is 0 Å². The van der Waals surface area contributed by atoms with E-state index in [1.54, 1.807) is 0 Å². The minimum Gasteiger partial charge on any atom is -0.343 e. The summed E-state index contributed by atoms with van der Waals surface area (Å²) in [4.78, 5) is 0. The van der Waals surface area contributed by atoms with Crippen molar-refractivity contribution in [2.45, 2.75) is 6.92 Å². The maximum Gasteiger partial charge on any atom is 0.0524 e. The molecule has 4 aromatic rings. The van der Waals surface area contributed by atoms with Gasteiger partial charge in [-0.1, -0.05) is 40.2 Å². The molecule has 0 aliphatic carbocycles. The fourth-order valence-corrected chi connectivity index (χ4v) is 3.65. The zero-order valence-corrected chi connectivity index (χ0v) is 13.0. The number of halogens is 1. The summed E-state index contributed by atoms with van der Waals surface area (Å²) in [6.07, 6.45) is 0. The second-order valence-corrected chi connectivity index (χ2v) is 6.26. The molecule has 0 bridgehead atoms. The van der Waals surface area contributed by atoms with Crippen LogP contribution in [0.25, 0.3) is 32.6 Å². The number of hydrogen-bond donors (Lipinski definition) is 0. The molecule has 2 heteroatoms. The number of benzene rings is 3. The van der Waals surface area contributed by atoms with E-state index >= 15 is 0 Å². The molecule has 0 saturated carbocycles. The van der Waals surface area contributed by atoms with Gasteiger partial charge >= 0.3 is 0 Å². The van der Waals surface area contributed by atoms with Crippen LogP contribution in [0.5, 0.6) is 0 Å². The van der Waals surface area contributed by atoms with Crippen LogP contribution in [0.15, 0.2) is 53.0 Å². The Labute approximate surface area is 125 Å². The molecule has 0 fully saturated rings. The van der Waals surface area contributed by atoms with Crippen LogP contribution in [0.2, 0.25) is 0 Å². The molecule has 0 spiro atoms. The van der Waals surface area contributed by atoms with E-state index in [1.165, 1.54) is 38.1 Å². The van der Waals surface area contributed by atoms with E-state index < -0.39 is 0 Å². The van der Waals surface area contributed by atoms with Crippen molar-refractivity contribution < 1.29 is 0 Å². The van der Waals surface area contributed by atoms with Crippen molar-refractivity contribution in [3.05, 3.63) is 58.6 Å². The topological polar surface area (TPSA) is 4.93 Å². The van der Waals surface area contributed by atoms with Crippen LogP contribution in [0.3, 0.4) is 0 Å². The Morgan fingerprint density at radius 3 is 2.55 bits per heavy atom. The lowest BCUT2D eigenvalue weighted by Crippen LogP contribution is -1.90. The quantitative estimate of drug-likeness (QED) is 0.399. The first-order chi connectivity index (χ1) is 9.66. The van der Waals surface area contributed by atoms with E-state index in [2.05, 4.69) is 83.0 Å². The number of rotatable bonds is 0. The molecule has 0 N–H and O–H groups in total. The molecule has 0 amide bonds. The molecule has 0 aliphatic heterocycles. The Hall–Kier alpha value is -1.80. The van der Waals surface area contributed by atoms with Gasteiger partial charge in [0.25, 0.3) is 0 Å². The van der Waals surface area contributed by atoms with Crippen LogP contribution in [0.1, 0.15) is 5.56 Å². The molecular formula is C18H14BrN. The normalized spacial score (nSPS) is 11.8. The molecule has 98 valence electrons. The fraction of sp³-hybridized carbons (Fsp3) is 0.111. The van der Waals surface area contributed by atoms with Gasteiger partial charge in [-0.3, -0.25) is 0 Å². The maximum atomic E-state index is 3.59. The summed E-state index contributed by atoms with van der Waals surface area (Å²) in [6.45, 7) is 2.22. The third-order valence-electron chi connectivity index (χ3n) is 4.22. The third kappa shape index (κ3) is 1.49. The largest absolute Gasteiger partial charge is 0.343 e. The Morgan fingerprint density at radius 2 is 1.70 bits per heavy atom. The van der Waals surface area contributed by atoms with Crippen molar-refractivity contribution in [1.29, 1.82) is 0 Å². The number of aryl methyl sites for hydroxylation is 2. The molecule has 3 aromatic carbocycles. The number of aromatic nitrogens is 1. The standard InChI is InChI=1S/C18H14BrN/c1-11-14-6-4-3-5-12(14)9-16-15-10-13(19)7-8-17(15)20(2)18(11)16/h3-10H,1-2H3. The first-order valence-electron chi connectivity index (χ1n) is 6.73. The van der Waals surface area contributed by atoms with E-state index in [-0.39, 0.29) is 0 Å². The van der Waals surface area contributed by atoms with Crippen LogP contribution < -0.4 is 0 Å². The minimum absolute atomic E-state index is 1.13. The summed E-state index contributed by atoms with van der Waals surface area (Å²) in [6, 6.07) is 17.4. The predicted octanol–water partition coefficient (Wildman–Crippen LogP) is 5.56. The Morgan fingerprint density at radius 1 is 0.900 bits per heavy atom.